The topological polar surface area (TPSA) is 79.5 Å². The molecule has 0 amide bonds. The Morgan fingerprint density at radius 2 is 1.96 bits per heavy atom. The predicted molar refractivity (Wildman–Crippen MR) is 92.0 cm³/mol. The molecule has 0 fully saturated rings. The summed E-state index contributed by atoms with van der Waals surface area (Å²) >= 11 is 5.85. The van der Waals surface area contributed by atoms with Gasteiger partial charge in [-0.3, -0.25) is 4.79 Å². The van der Waals surface area contributed by atoms with Crippen LogP contribution in [-0.2, 0) is 4.79 Å². The Labute approximate surface area is 147 Å². The number of carboxylic acid groups (broad SMARTS) is 1. The van der Waals surface area contributed by atoms with Gasteiger partial charge in [-0.05, 0) is 30.3 Å². The van der Waals surface area contributed by atoms with Crippen molar-refractivity contribution in [1.82, 2.24) is 0 Å². The highest BCUT2D eigenvalue weighted by atomic mass is 35.5. The van der Waals surface area contributed by atoms with Crippen LogP contribution in [0.1, 0.15) is 22.2 Å². The zero-order valence-electron chi connectivity index (χ0n) is 12.8. The van der Waals surface area contributed by atoms with Crippen molar-refractivity contribution in [3.63, 3.8) is 0 Å². The smallest absolute Gasteiger partial charge is 0.334 e. The molecule has 0 bridgehead atoms. The summed E-state index contributed by atoms with van der Waals surface area (Å²) in [5, 5.41) is 13.3. The van der Waals surface area contributed by atoms with Crippen molar-refractivity contribution >= 4 is 40.0 Å². The van der Waals surface area contributed by atoms with Gasteiger partial charge >= 0.3 is 5.97 Å². The molecule has 3 aromatic rings. The third kappa shape index (κ3) is 3.49. The van der Waals surface area contributed by atoms with E-state index in [0.29, 0.717) is 5.58 Å². The van der Waals surface area contributed by atoms with E-state index in [1.807, 2.05) is 6.07 Å². The zero-order valence-corrected chi connectivity index (χ0v) is 13.6. The van der Waals surface area contributed by atoms with Crippen LogP contribution in [0.15, 0.2) is 52.9 Å². The van der Waals surface area contributed by atoms with Crippen LogP contribution in [-0.4, -0.2) is 23.5 Å². The van der Waals surface area contributed by atoms with E-state index in [4.69, 9.17) is 16.0 Å². The van der Waals surface area contributed by atoms with Crippen molar-refractivity contribution in [3.8, 4) is 0 Å². The Morgan fingerprint density at radius 3 is 2.64 bits per heavy atom. The average molecular weight is 362 g/mol. The Morgan fingerprint density at radius 1 is 1.20 bits per heavy atom. The zero-order chi connectivity index (χ0) is 18.0. The quantitative estimate of drug-likeness (QED) is 0.633. The summed E-state index contributed by atoms with van der Waals surface area (Å²) in [6.07, 6.45) is 0. The minimum Gasteiger partial charge on any atom is -0.479 e. The van der Waals surface area contributed by atoms with Gasteiger partial charge in [0.1, 0.15) is 11.3 Å². The highest BCUT2D eigenvalue weighted by Crippen LogP contribution is 2.29. The Bertz CT molecular complexity index is 920. The fourth-order valence-corrected chi connectivity index (χ4v) is 2.67. The molecule has 0 saturated heterocycles. The van der Waals surface area contributed by atoms with E-state index >= 15 is 0 Å². The molecule has 1 heterocycles. The number of para-hydroxylation sites is 1. The lowest BCUT2D eigenvalue weighted by atomic mass is 10.1. The molecule has 0 radical (unpaired) electrons. The van der Waals surface area contributed by atoms with E-state index in [1.165, 1.54) is 18.2 Å². The Kier molecular flexibility index (Phi) is 4.72. The molecule has 5 nitrogen and oxygen atoms in total. The number of alkyl halides is 1. The third-order valence-electron chi connectivity index (χ3n) is 3.68. The molecular weight excluding hydrogens is 349 g/mol. The molecule has 2 aromatic carbocycles. The molecule has 1 aromatic heterocycles. The lowest BCUT2D eigenvalue weighted by molar-refractivity contribution is -0.138. The van der Waals surface area contributed by atoms with Crippen molar-refractivity contribution < 1.29 is 23.5 Å². The number of hydrogen-bond donors (Lipinski definition) is 2. The van der Waals surface area contributed by atoms with E-state index in [0.717, 1.165) is 5.39 Å². The number of hydrogen-bond acceptors (Lipinski definition) is 4. The molecule has 1 unspecified atom stereocenters. The number of aliphatic carboxylic acids is 1. The third-order valence-corrected chi connectivity index (χ3v) is 3.91. The maximum atomic E-state index is 12.8. The average Bonchev–Trinajstić information content (AvgIpc) is 3.03. The van der Waals surface area contributed by atoms with Gasteiger partial charge in [-0.2, -0.15) is 0 Å². The van der Waals surface area contributed by atoms with Crippen LogP contribution >= 0.6 is 11.6 Å². The molecule has 0 spiro atoms. The molecule has 1 atom stereocenters. The number of ketones is 1. The molecule has 0 saturated carbocycles. The van der Waals surface area contributed by atoms with Gasteiger partial charge in [0.25, 0.3) is 0 Å². The van der Waals surface area contributed by atoms with Gasteiger partial charge in [0, 0.05) is 21.7 Å². The van der Waals surface area contributed by atoms with Crippen molar-refractivity contribution in [2.45, 2.75) is 6.04 Å². The number of nitrogens with one attached hydrogen (secondary N) is 1. The number of carbonyl (C=O) groups excluding carboxylic acids is 1. The minimum absolute atomic E-state index is 0.0163. The maximum Gasteiger partial charge on any atom is 0.334 e. The number of fused-ring (bicyclic) bond motifs is 1. The number of rotatable bonds is 6. The first-order valence-corrected chi connectivity index (χ1v) is 7.74. The largest absolute Gasteiger partial charge is 0.479 e. The highest BCUT2D eigenvalue weighted by molar-refractivity contribution is 6.31. The molecule has 0 aliphatic rings. The molecule has 0 aliphatic heterocycles. The second kappa shape index (κ2) is 6.94. The summed E-state index contributed by atoms with van der Waals surface area (Å²) in [6.45, 7) is -1.21. The van der Waals surface area contributed by atoms with Crippen molar-refractivity contribution in [1.29, 1.82) is 0 Å². The summed E-state index contributed by atoms with van der Waals surface area (Å²) in [5.74, 6) is -1.83. The van der Waals surface area contributed by atoms with E-state index in [2.05, 4.69) is 5.32 Å². The van der Waals surface area contributed by atoms with Crippen LogP contribution in [0, 0.1) is 0 Å². The highest BCUT2D eigenvalue weighted by Gasteiger charge is 2.25. The SMILES string of the molecule is O=C(CF)c1cc(Cl)ccc1NC(C(=O)O)c1cc2ccccc2o1. The van der Waals surface area contributed by atoms with Crippen LogP contribution in [0.2, 0.25) is 5.02 Å². The number of halogens is 2. The summed E-state index contributed by atoms with van der Waals surface area (Å²) in [6, 6.07) is 11.7. The fraction of sp³-hybridized carbons (Fsp3) is 0.111. The van der Waals surface area contributed by atoms with Crippen LogP contribution < -0.4 is 5.32 Å². The number of benzene rings is 2. The van der Waals surface area contributed by atoms with Gasteiger partial charge in [0.05, 0.1) is 0 Å². The van der Waals surface area contributed by atoms with Gasteiger partial charge in [0.15, 0.2) is 18.5 Å². The summed E-state index contributed by atoms with van der Waals surface area (Å²) in [4.78, 5) is 23.5. The van der Waals surface area contributed by atoms with E-state index in [-0.39, 0.29) is 22.0 Å². The summed E-state index contributed by atoms with van der Waals surface area (Å²) in [5.41, 5.74) is 0.694. The predicted octanol–water partition coefficient (Wildman–Crippen LogP) is 4.48. The van der Waals surface area contributed by atoms with Gasteiger partial charge in [-0.15, -0.1) is 0 Å². The first-order valence-electron chi connectivity index (χ1n) is 7.36. The molecular formula is C18H13ClFNO4. The van der Waals surface area contributed by atoms with Gasteiger partial charge in [-0.25, -0.2) is 9.18 Å². The van der Waals surface area contributed by atoms with E-state index in [9.17, 15) is 19.1 Å². The number of carboxylic acids is 1. The molecule has 0 aliphatic carbocycles. The molecule has 25 heavy (non-hydrogen) atoms. The second-order valence-corrected chi connectivity index (χ2v) is 5.79. The fourth-order valence-electron chi connectivity index (χ4n) is 2.50. The number of Topliss-reactive ketones (excluding diaryl/α,β-unsaturated/α-hetero) is 1. The molecule has 2 N–H and O–H groups in total. The normalized spacial score (nSPS) is 12.1. The van der Waals surface area contributed by atoms with Gasteiger partial charge in [-0.1, -0.05) is 29.8 Å². The molecule has 3 rings (SSSR count). The maximum absolute atomic E-state index is 12.8. The number of furan rings is 1. The minimum atomic E-state index is -1.25. The Balaban J connectivity index is 2.01. The summed E-state index contributed by atoms with van der Waals surface area (Å²) < 4.78 is 18.4. The van der Waals surface area contributed by atoms with Crippen LogP contribution in [0.3, 0.4) is 0 Å². The number of carbonyl (C=O) groups is 2. The first-order chi connectivity index (χ1) is 12.0. The van der Waals surface area contributed by atoms with Gasteiger partial charge in [0.2, 0.25) is 0 Å². The second-order valence-electron chi connectivity index (χ2n) is 5.35. The monoisotopic (exact) mass is 361 g/mol. The summed E-state index contributed by atoms with van der Waals surface area (Å²) in [7, 11) is 0. The van der Waals surface area contributed by atoms with Crippen molar-refractivity contribution in [2.75, 3.05) is 12.0 Å². The molecule has 7 heteroatoms. The van der Waals surface area contributed by atoms with Crippen molar-refractivity contribution in [3.05, 3.63) is 64.9 Å². The Hall–Kier alpha value is -2.86. The van der Waals surface area contributed by atoms with E-state index < -0.39 is 24.5 Å². The van der Waals surface area contributed by atoms with Crippen LogP contribution in [0.5, 0.6) is 0 Å². The molecule has 128 valence electrons. The lowest BCUT2D eigenvalue weighted by Gasteiger charge is -2.16. The van der Waals surface area contributed by atoms with Gasteiger partial charge < -0.3 is 14.8 Å². The van der Waals surface area contributed by atoms with Crippen LogP contribution in [0.25, 0.3) is 11.0 Å². The van der Waals surface area contributed by atoms with Crippen molar-refractivity contribution in [2.24, 2.45) is 0 Å². The van der Waals surface area contributed by atoms with E-state index in [1.54, 1.807) is 24.3 Å². The lowest BCUT2D eigenvalue weighted by Crippen LogP contribution is -2.21. The van der Waals surface area contributed by atoms with Crippen LogP contribution in [0.4, 0.5) is 10.1 Å². The number of anilines is 1. The standard InChI is InChI=1S/C18H13ClFNO4/c19-11-5-6-13(12(8-11)14(22)9-20)21-17(18(23)24)16-7-10-3-1-2-4-15(10)25-16/h1-8,17,21H,9H2,(H,23,24). The first kappa shape index (κ1) is 17.0.